The SMILES string of the molecule is C[C@H](NC(=O)c1ccc(C(=O)N2CCC[C@H]2C(=O)NCC(N)=O)c(Cl)c1)c1nc2cc(Cl)ccc2[nH]1. The first kappa shape index (κ1) is 25.5. The highest BCUT2D eigenvalue weighted by Gasteiger charge is 2.35. The second kappa shape index (κ2) is 10.5. The van der Waals surface area contributed by atoms with Crippen molar-refractivity contribution in [3.05, 3.63) is 63.4 Å². The summed E-state index contributed by atoms with van der Waals surface area (Å²) in [6, 6.07) is 8.49. The van der Waals surface area contributed by atoms with E-state index < -0.39 is 35.7 Å². The van der Waals surface area contributed by atoms with Gasteiger partial charge in [0.05, 0.1) is 34.2 Å². The second-order valence-electron chi connectivity index (χ2n) is 8.51. The molecule has 4 amide bonds. The molecule has 3 aromatic rings. The van der Waals surface area contributed by atoms with Crippen LogP contribution in [0.5, 0.6) is 0 Å². The molecule has 0 aliphatic carbocycles. The monoisotopic (exact) mass is 530 g/mol. The zero-order chi connectivity index (χ0) is 26.0. The summed E-state index contributed by atoms with van der Waals surface area (Å²) in [6.45, 7) is 1.85. The zero-order valence-corrected chi connectivity index (χ0v) is 20.8. The van der Waals surface area contributed by atoms with Gasteiger partial charge in [0.25, 0.3) is 11.8 Å². The molecule has 1 aromatic heterocycles. The predicted octanol–water partition coefficient (Wildman–Crippen LogP) is 2.57. The van der Waals surface area contributed by atoms with Crippen LogP contribution in [-0.2, 0) is 9.59 Å². The Labute approximate surface area is 216 Å². The average molecular weight is 531 g/mol. The van der Waals surface area contributed by atoms with E-state index in [-0.39, 0.29) is 22.7 Å². The number of imidazole rings is 1. The van der Waals surface area contributed by atoms with Gasteiger partial charge >= 0.3 is 0 Å². The van der Waals surface area contributed by atoms with Gasteiger partial charge in [0.15, 0.2) is 0 Å². The number of nitrogens with two attached hydrogens (primary N) is 1. The number of likely N-dealkylation sites (tertiary alicyclic amines) is 1. The third-order valence-electron chi connectivity index (χ3n) is 5.94. The van der Waals surface area contributed by atoms with Crippen LogP contribution in [-0.4, -0.2) is 57.6 Å². The number of aromatic amines is 1. The molecule has 12 heteroatoms. The van der Waals surface area contributed by atoms with Crippen molar-refractivity contribution in [2.75, 3.05) is 13.1 Å². The van der Waals surface area contributed by atoms with Gasteiger partial charge in [-0.1, -0.05) is 23.2 Å². The Hall–Kier alpha value is -3.63. The Morgan fingerprint density at radius 1 is 1.19 bits per heavy atom. The summed E-state index contributed by atoms with van der Waals surface area (Å²) < 4.78 is 0. The van der Waals surface area contributed by atoms with Crippen LogP contribution in [0.25, 0.3) is 11.0 Å². The molecule has 2 atom stereocenters. The molecule has 1 saturated heterocycles. The molecule has 2 aromatic carbocycles. The summed E-state index contributed by atoms with van der Waals surface area (Å²) in [5.41, 5.74) is 6.99. The maximum atomic E-state index is 13.1. The van der Waals surface area contributed by atoms with Crippen molar-refractivity contribution in [1.82, 2.24) is 25.5 Å². The molecule has 2 heterocycles. The highest BCUT2D eigenvalue weighted by atomic mass is 35.5. The fraction of sp³-hybridized carbons (Fsp3) is 0.292. The molecule has 4 rings (SSSR count). The number of carbonyl (C=O) groups excluding carboxylic acids is 4. The Morgan fingerprint density at radius 2 is 1.97 bits per heavy atom. The molecule has 0 bridgehead atoms. The lowest BCUT2D eigenvalue weighted by molar-refractivity contribution is -0.127. The van der Waals surface area contributed by atoms with Gasteiger partial charge in [-0.05, 0) is 56.2 Å². The van der Waals surface area contributed by atoms with Crippen LogP contribution >= 0.6 is 23.2 Å². The highest BCUT2D eigenvalue weighted by Crippen LogP contribution is 2.26. The quantitative estimate of drug-likeness (QED) is 0.370. The third kappa shape index (κ3) is 5.44. The number of nitrogens with zero attached hydrogens (tertiary/aromatic N) is 2. The van der Waals surface area contributed by atoms with E-state index in [2.05, 4.69) is 20.6 Å². The Kier molecular flexibility index (Phi) is 7.46. The maximum Gasteiger partial charge on any atom is 0.256 e. The number of hydrogen-bond acceptors (Lipinski definition) is 5. The van der Waals surface area contributed by atoms with Gasteiger partial charge in [-0.25, -0.2) is 4.98 Å². The fourth-order valence-corrected chi connectivity index (χ4v) is 4.54. The van der Waals surface area contributed by atoms with Crippen molar-refractivity contribution < 1.29 is 19.2 Å². The van der Waals surface area contributed by atoms with Gasteiger partial charge in [-0.3, -0.25) is 19.2 Å². The lowest BCUT2D eigenvalue weighted by atomic mass is 10.1. The topological polar surface area (TPSA) is 150 Å². The molecule has 1 aliphatic heterocycles. The molecular weight excluding hydrogens is 507 g/mol. The van der Waals surface area contributed by atoms with Gasteiger partial charge in [0.1, 0.15) is 11.9 Å². The summed E-state index contributed by atoms with van der Waals surface area (Å²) in [5, 5.41) is 5.94. The molecule has 1 aliphatic rings. The van der Waals surface area contributed by atoms with Crippen LogP contribution in [0, 0.1) is 0 Å². The van der Waals surface area contributed by atoms with Crippen molar-refractivity contribution in [1.29, 1.82) is 0 Å². The first-order valence-electron chi connectivity index (χ1n) is 11.3. The van der Waals surface area contributed by atoms with Crippen molar-refractivity contribution in [3.63, 3.8) is 0 Å². The molecule has 1 fully saturated rings. The molecule has 36 heavy (non-hydrogen) atoms. The number of fused-ring (bicyclic) bond motifs is 1. The van der Waals surface area contributed by atoms with Crippen LogP contribution in [0.4, 0.5) is 0 Å². The normalized spacial score (nSPS) is 16.1. The maximum absolute atomic E-state index is 13.1. The van der Waals surface area contributed by atoms with Crippen LogP contribution in [0.1, 0.15) is 52.3 Å². The van der Waals surface area contributed by atoms with Gasteiger partial charge in [0.2, 0.25) is 11.8 Å². The van der Waals surface area contributed by atoms with E-state index in [4.69, 9.17) is 28.9 Å². The van der Waals surface area contributed by atoms with E-state index in [1.165, 1.54) is 23.1 Å². The van der Waals surface area contributed by atoms with Crippen molar-refractivity contribution in [3.8, 4) is 0 Å². The van der Waals surface area contributed by atoms with Crippen molar-refractivity contribution in [2.45, 2.75) is 31.8 Å². The number of aromatic nitrogens is 2. The van der Waals surface area contributed by atoms with Crippen LogP contribution < -0.4 is 16.4 Å². The molecule has 188 valence electrons. The molecule has 0 spiro atoms. The standard InChI is InChI=1S/C24H24Cl2N6O4/c1-12(21-30-17-7-5-14(25)10-18(17)31-21)29-22(34)13-4-6-15(16(26)9-13)24(36)32-8-2-3-19(32)23(35)28-11-20(27)33/h4-7,9-10,12,19H,2-3,8,11H2,1H3,(H2,27,33)(H,28,35)(H,29,34)(H,30,31)/t12-,19-/m0/s1. The number of H-pyrrole nitrogens is 1. The average Bonchev–Trinajstić information content (AvgIpc) is 3.49. The lowest BCUT2D eigenvalue weighted by Crippen LogP contribution is -2.47. The minimum atomic E-state index is -0.726. The number of hydrogen-bond donors (Lipinski definition) is 4. The summed E-state index contributed by atoms with van der Waals surface area (Å²) >= 11 is 12.4. The Morgan fingerprint density at radius 3 is 2.69 bits per heavy atom. The van der Waals surface area contributed by atoms with Gasteiger partial charge in [0, 0.05) is 17.1 Å². The minimum absolute atomic E-state index is 0.0851. The fourth-order valence-electron chi connectivity index (χ4n) is 4.11. The van der Waals surface area contributed by atoms with E-state index in [1.807, 2.05) is 6.07 Å². The molecule has 0 radical (unpaired) electrons. The van der Waals surface area contributed by atoms with E-state index >= 15 is 0 Å². The number of rotatable bonds is 7. The van der Waals surface area contributed by atoms with E-state index in [1.54, 1.807) is 19.1 Å². The van der Waals surface area contributed by atoms with Crippen LogP contribution in [0.3, 0.4) is 0 Å². The number of halogens is 2. The summed E-state index contributed by atoms with van der Waals surface area (Å²) in [5.74, 6) is -1.39. The molecular formula is C24H24Cl2N6O4. The third-order valence-corrected chi connectivity index (χ3v) is 6.48. The van der Waals surface area contributed by atoms with E-state index in [9.17, 15) is 19.2 Å². The highest BCUT2D eigenvalue weighted by molar-refractivity contribution is 6.34. The molecule has 0 saturated carbocycles. The van der Waals surface area contributed by atoms with E-state index in [0.29, 0.717) is 35.8 Å². The molecule has 5 N–H and O–H groups in total. The lowest BCUT2D eigenvalue weighted by Gasteiger charge is -2.24. The first-order chi connectivity index (χ1) is 17.1. The van der Waals surface area contributed by atoms with E-state index in [0.717, 1.165) is 5.52 Å². The Bertz CT molecular complexity index is 1360. The number of amides is 4. The predicted molar refractivity (Wildman–Crippen MR) is 135 cm³/mol. The smallest absolute Gasteiger partial charge is 0.256 e. The number of benzene rings is 2. The summed E-state index contributed by atoms with van der Waals surface area (Å²) in [4.78, 5) is 58.4. The van der Waals surface area contributed by atoms with Crippen molar-refractivity contribution in [2.24, 2.45) is 5.73 Å². The molecule has 10 nitrogen and oxygen atoms in total. The van der Waals surface area contributed by atoms with Crippen LogP contribution in [0.15, 0.2) is 36.4 Å². The number of primary amides is 1. The van der Waals surface area contributed by atoms with Crippen LogP contribution in [0.2, 0.25) is 10.0 Å². The zero-order valence-electron chi connectivity index (χ0n) is 19.3. The second-order valence-corrected chi connectivity index (χ2v) is 9.36. The van der Waals surface area contributed by atoms with Gasteiger partial charge in [-0.15, -0.1) is 0 Å². The Balaban J connectivity index is 1.44. The largest absolute Gasteiger partial charge is 0.368 e. The first-order valence-corrected chi connectivity index (χ1v) is 12.0. The van der Waals surface area contributed by atoms with Crippen molar-refractivity contribution >= 4 is 57.9 Å². The number of carbonyl (C=O) groups is 4. The molecule has 0 unspecified atom stereocenters. The number of nitrogens with one attached hydrogen (secondary N) is 3. The van der Waals surface area contributed by atoms with Gasteiger partial charge in [-0.2, -0.15) is 0 Å². The van der Waals surface area contributed by atoms with Gasteiger partial charge < -0.3 is 26.3 Å². The minimum Gasteiger partial charge on any atom is -0.368 e. The summed E-state index contributed by atoms with van der Waals surface area (Å²) in [7, 11) is 0. The summed E-state index contributed by atoms with van der Waals surface area (Å²) in [6.07, 6.45) is 1.09.